The Kier molecular flexibility index (Phi) is 8.93. The maximum Gasteiger partial charge on any atom is 0.328 e. The summed E-state index contributed by atoms with van der Waals surface area (Å²) >= 11 is 0. The van der Waals surface area contributed by atoms with E-state index in [1.54, 1.807) is 55.5 Å². The Morgan fingerprint density at radius 3 is 2.21 bits per heavy atom. The van der Waals surface area contributed by atoms with Crippen molar-refractivity contribution in [3.63, 3.8) is 0 Å². The van der Waals surface area contributed by atoms with Gasteiger partial charge in [0.05, 0.1) is 11.5 Å². The third-order valence-electron chi connectivity index (χ3n) is 6.50. The molecule has 0 radical (unpaired) electrons. The van der Waals surface area contributed by atoms with E-state index in [4.69, 9.17) is 9.47 Å². The minimum absolute atomic E-state index is 0.00533. The molecule has 0 spiro atoms. The number of rotatable bonds is 12. The van der Waals surface area contributed by atoms with Crippen LogP contribution in [-0.2, 0) is 29.1 Å². The predicted octanol–water partition coefficient (Wildman–Crippen LogP) is 4.97. The zero-order chi connectivity index (χ0) is 28.0. The second-order valence-electron chi connectivity index (χ2n) is 9.21. The van der Waals surface area contributed by atoms with Gasteiger partial charge in [-0.3, -0.25) is 14.4 Å². The van der Waals surface area contributed by atoms with Crippen molar-refractivity contribution in [3.05, 3.63) is 89.5 Å². The molecule has 2 unspecified atom stereocenters. The predicted molar refractivity (Wildman–Crippen MR) is 145 cm³/mol. The molecule has 0 bridgehead atoms. The second-order valence-corrected chi connectivity index (χ2v) is 10.9. The number of carbonyl (C=O) groups is 3. The van der Waals surface area contributed by atoms with Gasteiger partial charge < -0.3 is 9.47 Å². The highest BCUT2D eigenvalue weighted by atomic mass is 32.2. The van der Waals surface area contributed by atoms with Crippen LogP contribution in [0.25, 0.3) is 11.1 Å². The van der Waals surface area contributed by atoms with Crippen LogP contribution in [0, 0.1) is 0 Å². The minimum Gasteiger partial charge on any atom is -0.465 e. The van der Waals surface area contributed by atoms with Crippen LogP contribution >= 0.6 is 0 Å². The number of nitrogens with one attached hydrogen (secondary N) is 1. The molecule has 2 atom stereocenters. The summed E-state index contributed by atoms with van der Waals surface area (Å²) in [6, 6.07) is 18.2. The summed E-state index contributed by atoms with van der Waals surface area (Å²) in [5.41, 5.74) is 2.56. The highest BCUT2D eigenvalue weighted by molar-refractivity contribution is 7.89. The van der Waals surface area contributed by atoms with Gasteiger partial charge in [-0.15, -0.1) is 0 Å². The van der Waals surface area contributed by atoms with E-state index in [1.165, 1.54) is 12.1 Å². The number of esters is 2. The summed E-state index contributed by atoms with van der Waals surface area (Å²) in [4.78, 5) is 38.6. The van der Waals surface area contributed by atoms with Crippen molar-refractivity contribution in [2.45, 2.75) is 56.6 Å². The Morgan fingerprint density at radius 2 is 1.51 bits per heavy atom. The number of carbonyl (C=O) groups excluding carboxylic acids is 3. The Balaban J connectivity index is 1.68. The van der Waals surface area contributed by atoms with Crippen molar-refractivity contribution in [1.82, 2.24) is 4.72 Å². The molecule has 39 heavy (non-hydrogen) atoms. The van der Waals surface area contributed by atoms with Crippen molar-refractivity contribution in [2.75, 3.05) is 6.61 Å². The van der Waals surface area contributed by atoms with Gasteiger partial charge >= 0.3 is 11.9 Å². The van der Waals surface area contributed by atoms with Gasteiger partial charge in [0.2, 0.25) is 10.0 Å². The SMILES string of the molecule is CCCCCC(=O)OC(c1ccccc1)C(NS(=O)(=O)c1ccc2c(c1)C(=O)c1ccccc1-2)C(=O)OCC. The second kappa shape index (κ2) is 12.4. The van der Waals surface area contributed by atoms with E-state index in [2.05, 4.69) is 4.72 Å². The van der Waals surface area contributed by atoms with Crippen LogP contribution < -0.4 is 4.72 Å². The molecule has 0 aromatic heterocycles. The molecule has 3 aromatic carbocycles. The number of sulfonamides is 1. The van der Waals surface area contributed by atoms with Gasteiger partial charge in [0, 0.05) is 17.5 Å². The molecule has 0 amide bonds. The van der Waals surface area contributed by atoms with Crippen molar-refractivity contribution in [3.8, 4) is 11.1 Å². The van der Waals surface area contributed by atoms with Gasteiger partial charge in [0.25, 0.3) is 0 Å². The normalized spacial score (nSPS) is 13.7. The number of benzene rings is 3. The molecule has 8 nitrogen and oxygen atoms in total. The van der Waals surface area contributed by atoms with Gasteiger partial charge in [-0.25, -0.2) is 8.42 Å². The third-order valence-corrected chi connectivity index (χ3v) is 7.94. The molecule has 0 aliphatic heterocycles. The molecule has 204 valence electrons. The van der Waals surface area contributed by atoms with E-state index in [0.717, 1.165) is 18.4 Å². The fourth-order valence-corrected chi connectivity index (χ4v) is 5.78. The Bertz CT molecular complexity index is 1470. The Hall–Kier alpha value is -3.82. The first-order valence-electron chi connectivity index (χ1n) is 13.0. The molecule has 3 aromatic rings. The van der Waals surface area contributed by atoms with Crippen molar-refractivity contribution < 1.29 is 32.3 Å². The molecule has 1 aliphatic rings. The lowest BCUT2D eigenvalue weighted by Crippen LogP contribution is -2.47. The summed E-state index contributed by atoms with van der Waals surface area (Å²) in [5.74, 6) is -1.71. The number of ether oxygens (including phenoxy) is 2. The van der Waals surface area contributed by atoms with Crippen LogP contribution in [0.3, 0.4) is 0 Å². The van der Waals surface area contributed by atoms with Crippen LogP contribution in [-0.4, -0.2) is 38.8 Å². The number of hydrogen-bond acceptors (Lipinski definition) is 7. The molecule has 0 saturated heterocycles. The average Bonchev–Trinajstić information content (AvgIpc) is 3.23. The lowest BCUT2D eigenvalue weighted by molar-refractivity contribution is -0.158. The van der Waals surface area contributed by atoms with Crippen molar-refractivity contribution in [2.24, 2.45) is 0 Å². The lowest BCUT2D eigenvalue weighted by atomic mass is 10.0. The zero-order valence-corrected chi connectivity index (χ0v) is 22.7. The van der Waals surface area contributed by atoms with Crippen molar-refractivity contribution >= 4 is 27.7 Å². The van der Waals surface area contributed by atoms with Gasteiger partial charge in [-0.2, -0.15) is 4.72 Å². The number of ketones is 1. The Labute approximate surface area is 228 Å². The molecular formula is C30H31NO7S. The quantitative estimate of drug-likeness (QED) is 0.196. The van der Waals surface area contributed by atoms with Crippen LogP contribution in [0.1, 0.15) is 67.1 Å². The fourth-order valence-electron chi connectivity index (χ4n) is 4.57. The summed E-state index contributed by atoms with van der Waals surface area (Å²) in [6.07, 6.45) is 1.22. The largest absolute Gasteiger partial charge is 0.465 e. The topological polar surface area (TPSA) is 116 Å². The third kappa shape index (κ3) is 6.26. The van der Waals surface area contributed by atoms with Crippen LogP contribution in [0.2, 0.25) is 0 Å². The fraction of sp³-hybridized carbons (Fsp3) is 0.300. The first kappa shape index (κ1) is 28.2. The number of fused-ring (bicyclic) bond motifs is 3. The minimum atomic E-state index is -4.36. The lowest BCUT2D eigenvalue weighted by Gasteiger charge is -2.27. The van der Waals surface area contributed by atoms with Crippen LogP contribution in [0.15, 0.2) is 77.7 Å². The highest BCUT2D eigenvalue weighted by Crippen LogP contribution is 2.37. The first-order valence-corrected chi connectivity index (χ1v) is 14.5. The van der Waals surface area contributed by atoms with Crippen LogP contribution in [0.4, 0.5) is 0 Å². The summed E-state index contributed by atoms with van der Waals surface area (Å²) in [6.45, 7) is 3.60. The molecule has 1 aliphatic carbocycles. The summed E-state index contributed by atoms with van der Waals surface area (Å²) in [7, 11) is -4.36. The van der Waals surface area contributed by atoms with E-state index in [0.29, 0.717) is 23.1 Å². The number of unbranched alkanes of at least 4 members (excludes halogenated alkanes) is 2. The van der Waals surface area contributed by atoms with E-state index in [1.807, 2.05) is 19.1 Å². The van der Waals surface area contributed by atoms with E-state index in [9.17, 15) is 22.8 Å². The first-order chi connectivity index (χ1) is 18.8. The standard InChI is InChI=1S/C30H31NO7S/c1-3-5-7-16-26(32)38-29(20-12-8-6-9-13-20)27(30(34)37-4-2)31-39(35,36)21-17-18-23-22-14-10-11-15-24(22)28(33)25(23)19-21/h6,8-15,17-19,27,29,31H,3-5,7,16H2,1-2H3. The van der Waals surface area contributed by atoms with E-state index < -0.39 is 34.1 Å². The maximum atomic E-state index is 13.6. The van der Waals surface area contributed by atoms with Gasteiger partial charge in [0.1, 0.15) is 0 Å². The summed E-state index contributed by atoms with van der Waals surface area (Å²) < 4.78 is 40.5. The monoisotopic (exact) mass is 549 g/mol. The zero-order valence-electron chi connectivity index (χ0n) is 21.9. The Morgan fingerprint density at radius 1 is 0.846 bits per heavy atom. The molecule has 0 fully saturated rings. The molecular weight excluding hydrogens is 518 g/mol. The number of hydrogen-bond donors (Lipinski definition) is 1. The maximum absolute atomic E-state index is 13.6. The van der Waals surface area contributed by atoms with Crippen molar-refractivity contribution in [1.29, 1.82) is 0 Å². The van der Waals surface area contributed by atoms with Gasteiger partial charge in [0.15, 0.2) is 17.9 Å². The summed E-state index contributed by atoms with van der Waals surface area (Å²) in [5, 5.41) is 0. The molecule has 0 heterocycles. The van der Waals surface area contributed by atoms with E-state index in [-0.39, 0.29) is 29.3 Å². The van der Waals surface area contributed by atoms with Gasteiger partial charge in [-0.1, -0.05) is 80.4 Å². The molecule has 1 N–H and O–H groups in total. The average molecular weight is 550 g/mol. The highest BCUT2D eigenvalue weighted by Gasteiger charge is 2.38. The van der Waals surface area contributed by atoms with E-state index >= 15 is 0 Å². The smallest absolute Gasteiger partial charge is 0.328 e. The molecule has 9 heteroatoms. The molecule has 4 rings (SSSR count). The van der Waals surface area contributed by atoms with Gasteiger partial charge in [-0.05, 0) is 42.2 Å². The van der Waals surface area contributed by atoms with Crippen LogP contribution in [0.5, 0.6) is 0 Å². The molecule has 0 saturated carbocycles.